The Kier molecular flexibility index (Phi) is 3.79. The molecule has 0 unspecified atom stereocenters. The van der Waals surface area contributed by atoms with Crippen molar-refractivity contribution >= 4 is 5.78 Å². The Labute approximate surface area is 73.6 Å². The summed E-state index contributed by atoms with van der Waals surface area (Å²) in [5.74, 6) is 1.00. The highest BCUT2D eigenvalue weighted by atomic mass is 16.1. The van der Waals surface area contributed by atoms with E-state index in [4.69, 9.17) is 5.26 Å². The third kappa shape index (κ3) is 3.04. The number of hydrogen-bond donors (Lipinski definition) is 0. The van der Waals surface area contributed by atoms with Crippen molar-refractivity contribution < 1.29 is 4.79 Å². The molecule has 1 aliphatic carbocycles. The average Bonchev–Trinajstić information content (AvgIpc) is 2.05. The standard InChI is InChI=1S/C10H15NO/c11-7-2-1-4-9-5-3-6-10(12)8-9/h9H,1-6,8H2/t9-/m0/s1. The Morgan fingerprint density at radius 1 is 1.58 bits per heavy atom. The molecule has 0 N–H and O–H groups in total. The van der Waals surface area contributed by atoms with Gasteiger partial charge in [-0.2, -0.15) is 5.26 Å². The van der Waals surface area contributed by atoms with Crippen molar-refractivity contribution in [3.8, 4) is 6.07 Å². The van der Waals surface area contributed by atoms with Crippen LogP contribution in [0.2, 0.25) is 0 Å². The highest BCUT2D eigenvalue weighted by Crippen LogP contribution is 2.25. The summed E-state index contributed by atoms with van der Waals surface area (Å²) >= 11 is 0. The van der Waals surface area contributed by atoms with Gasteiger partial charge in [-0.15, -0.1) is 0 Å². The van der Waals surface area contributed by atoms with Crippen LogP contribution in [0.25, 0.3) is 0 Å². The lowest BCUT2D eigenvalue weighted by atomic mass is 9.85. The first-order chi connectivity index (χ1) is 5.83. The van der Waals surface area contributed by atoms with E-state index >= 15 is 0 Å². The minimum absolute atomic E-state index is 0.420. The van der Waals surface area contributed by atoms with E-state index in [-0.39, 0.29) is 0 Å². The van der Waals surface area contributed by atoms with Gasteiger partial charge in [-0.25, -0.2) is 0 Å². The van der Waals surface area contributed by atoms with Gasteiger partial charge >= 0.3 is 0 Å². The van der Waals surface area contributed by atoms with Crippen LogP contribution in [0.3, 0.4) is 0 Å². The maximum atomic E-state index is 11.0. The second-order valence-electron chi connectivity index (χ2n) is 3.55. The smallest absolute Gasteiger partial charge is 0.133 e. The molecule has 1 rings (SSSR count). The van der Waals surface area contributed by atoms with E-state index in [1.54, 1.807) is 0 Å². The molecule has 66 valence electrons. The van der Waals surface area contributed by atoms with E-state index in [2.05, 4.69) is 6.07 Å². The number of nitriles is 1. The Bertz CT molecular complexity index is 193. The van der Waals surface area contributed by atoms with Gasteiger partial charge in [0.25, 0.3) is 0 Å². The van der Waals surface area contributed by atoms with E-state index in [1.165, 1.54) is 6.42 Å². The van der Waals surface area contributed by atoms with Crippen LogP contribution >= 0.6 is 0 Å². The van der Waals surface area contributed by atoms with Gasteiger partial charge in [-0.3, -0.25) is 4.79 Å². The molecule has 0 spiro atoms. The predicted molar refractivity (Wildman–Crippen MR) is 46.4 cm³/mol. The summed E-state index contributed by atoms with van der Waals surface area (Å²) in [4.78, 5) is 11.0. The quantitative estimate of drug-likeness (QED) is 0.602. The maximum absolute atomic E-state index is 11.0. The number of Topliss-reactive ketones (excluding diaryl/α,β-unsaturated/α-hetero) is 1. The fourth-order valence-corrected chi connectivity index (χ4v) is 1.83. The number of unbranched alkanes of at least 4 members (excludes halogenated alkanes) is 1. The number of carbonyl (C=O) groups is 1. The van der Waals surface area contributed by atoms with Crippen molar-refractivity contribution in [1.29, 1.82) is 5.26 Å². The van der Waals surface area contributed by atoms with Crippen molar-refractivity contribution in [2.75, 3.05) is 0 Å². The molecular weight excluding hydrogens is 150 g/mol. The van der Waals surface area contributed by atoms with E-state index in [0.717, 1.165) is 32.1 Å². The second kappa shape index (κ2) is 4.92. The zero-order chi connectivity index (χ0) is 8.81. The molecule has 2 heteroatoms. The van der Waals surface area contributed by atoms with Gasteiger partial charge in [0.2, 0.25) is 0 Å². The molecule has 0 aromatic rings. The summed E-state index contributed by atoms with van der Waals surface area (Å²) in [6.07, 6.45) is 6.49. The minimum atomic E-state index is 0.420. The zero-order valence-corrected chi connectivity index (χ0v) is 7.38. The molecule has 1 aliphatic rings. The monoisotopic (exact) mass is 165 g/mol. The number of rotatable bonds is 3. The summed E-state index contributed by atoms with van der Waals surface area (Å²) in [5.41, 5.74) is 0. The van der Waals surface area contributed by atoms with Gasteiger partial charge in [0.1, 0.15) is 5.78 Å². The first-order valence-electron chi connectivity index (χ1n) is 4.71. The molecule has 0 aromatic carbocycles. The largest absolute Gasteiger partial charge is 0.300 e. The highest BCUT2D eigenvalue weighted by molar-refractivity contribution is 5.79. The lowest BCUT2D eigenvalue weighted by molar-refractivity contribution is -0.121. The number of nitrogens with zero attached hydrogens (tertiary/aromatic N) is 1. The summed E-state index contributed by atoms with van der Waals surface area (Å²) < 4.78 is 0. The zero-order valence-electron chi connectivity index (χ0n) is 7.38. The van der Waals surface area contributed by atoms with Crippen LogP contribution in [0, 0.1) is 17.2 Å². The normalized spacial score (nSPS) is 23.6. The van der Waals surface area contributed by atoms with Crippen molar-refractivity contribution in [2.24, 2.45) is 5.92 Å². The Morgan fingerprint density at radius 3 is 3.08 bits per heavy atom. The fourth-order valence-electron chi connectivity index (χ4n) is 1.83. The van der Waals surface area contributed by atoms with Crippen LogP contribution < -0.4 is 0 Å². The van der Waals surface area contributed by atoms with Gasteiger partial charge in [0.05, 0.1) is 6.07 Å². The molecule has 2 nitrogen and oxygen atoms in total. The molecule has 1 atom stereocenters. The van der Waals surface area contributed by atoms with Crippen LogP contribution in [-0.2, 0) is 4.79 Å². The molecule has 12 heavy (non-hydrogen) atoms. The first-order valence-corrected chi connectivity index (χ1v) is 4.71. The van der Waals surface area contributed by atoms with Crippen LogP contribution in [0.15, 0.2) is 0 Å². The molecular formula is C10H15NO. The maximum Gasteiger partial charge on any atom is 0.133 e. The Morgan fingerprint density at radius 2 is 2.42 bits per heavy atom. The minimum Gasteiger partial charge on any atom is -0.300 e. The van der Waals surface area contributed by atoms with Crippen LogP contribution in [0.4, 0.5) is 0 Å². The van der Waals surface area contributed by atoms with Crippen LogP contribution in [0.1, 0.15) is 44.9 Å². The van der Waals surface area contributed by atoms with Gasteiger partial charge in [0, 0.05) is 19.3 Å². The molecule has 0 amide bonds. The summed E-state index contributed by atoms with van der Waals surface area (Å²) in [7, 11) is 0. The third-order valence-corrected chi connectivity index (χ3v) is 2.49. The van der Waals surface area contributed by atoms with Crippen molar-refractivity contribution in [2.45, 2.75) is 44.9 Å². The summed E-state index contributed by atoms with van der Waals surface area (Å²) in [6, 6.07) is 2.13. The van der Waals surface area contributed by atoms with Gasteiger partial charge < -0.3 is 0 Å². The molecule has 0 saturated heterocycles. The molecule has 0 radical (unpaired) electrons. The molecule has 0 aliphatic heterocycles. The van der Waals surface area contributed by atoms with Crippen molar-refractivity contribution in [3.05, 3.63) is 0 Å². The van der Waals surface area contributed by atoms with Crippen LogP contribution in [-0.4, -0.2) is 5.78 Å². The second-order valence-corrected chi connectivity index (χ2v) is 3.55. The predicted octanol–water partition coefficient (Wildman–Crippen LogP) is 2.44. The van der Waals surface area contributed by atoms with E-state index in [9.17, 15) is 4.79 Å². The lowest BCUT2D eigenvalue weighted by Crippen LogP contribution is -2.14. The molecule has 0 heterocycles. The van der Waals surface area contributed by atoms with Gasteiger partial charge in [-0.1, -0.05) is 0 Å². The molecule has 1 fully saturated rings. The lowest BCUT2D eigenvalue weighted by Gasteiger charge is -2.19. The SMILES string of the molecule is N#CCCC[C@H]1CCCC(=O)C1. The number of ketones is 1. The molecule has 0 aromatic heterocycles. The van der Waals surface area contributed by atoms with Crippen molar-refractivity contribution in [1.82, 2.24) is 0 Å². The number of hydrogen-bond acceptors (Lipinski definition) is 2. The molecule has 1 saturated carbocycles. The third-order valence-electron chi connectivity index (χ3n) is 2.49. The van der Waals surface area contributed by atoms with Crippen molar-refractivity contribution in [3.63, 3.8) is 0 Å². The van der Waals surface area contributed by atoms with Gasteiger partial charge in [0.15, 0.2) is 0 Å². The summed E-state index contributed by atoms with van der Waals surface area (Å²) in [6.45, 7) is 0. The first kappa shape index (κ1) is 9.25. The topological polar surface area (TPSA) is 40.9 Å². The number of carbonyl (C=O) groups excluding carboxylic acids is 1. The summed E-state index contributed by atoms with van der Waals surface area (Å²) in [5, 5.41) is 8.33. The van der Waals surface area contributed by atoms with E-state index in [0.29, 0.717) is 18.1 Å². The Hall–Kier alpha value is -0.840. The fraction of sp³-hybridized carbons (Fsp3) is 0.800. The van der Waals surface area contributed by atoms with E-state index < -0.39 is 0 Å². The molecule has 0 bridgehead atoms. The highest BCUT2D eigenvalue weighted by Gasteiger charge is 2.18. The van der Waals surface area contributed by atoms with Gasteiger partial charge in [-0.05, 0) is 31.6 Å². The Balaban J connectivity index is 2.15. The van der Waals surface area contributed by atoms with E-state index in [1.807, 2.05) is 0 Å². The van der Waals surface area contributed by atoms with Crippen LogP contribution in [0.5, 0.6) is 0 Å². The average molecular weight is 165 g/mol.